The number of alkyl halides is 1. The first-order chi connectivity index (χ1) is 25.8. The van der Waals surface area contributed by atoms with E-state index in [2.05, 4.69) is 19.2 Å². The van der Waals surface area contributed by atoms with Crippen molar-refractivity contribution in [3.63, 3.8) is 0 Å². The summed E-state index contributed by atoms with van der Waals surface area (Å²) in [5.41, 5.74) is 3.49. The number of aryl methyl sites for hydroxylation is 1. The van der Waals surface area contributed by atoms with E-state index < -0.39 is 16.9 Å². The number of amides is 2. The van der Waals surface area contributed by atoms with Gasteiger partial charge in [-0.2, -0.15) is 0 Å². The highest BCUT2D eigenvalue weighted by Crippen LogP contribution is 2.32. The number of anilines is 2. The van der Waals surface area contributed by atoms with Crippen molar-refractivity contribution in [3.8, 4) is 11.5 Å². The van der Waals surface area contributed by atoms with E-state index in [0.717, 1.165) is 54.7 Å². The van der Waals surface area contributed by atoms with Gasteiger partial charge in [-0.1, -0.05) is 26.7 Å². The molecular formula is C42H54Cl2FN3O6. The molecule has 1 N–H and O–H groups in total. The number of nitrogens with zero attached hydrogens (tertiary/aromatic N) is 2. The van der Waals surface area contributed by atoms with Crippen molar-refractivity contribution in [2.24, 2.45) is 5.92 Å². The fourth-order valence-electron chi connectivity index (χ4n) is 6.31. The monoisotopic (exact) mass is 785 g/mol. The number of rotatable bonds is 15. The largest absolute Gasteiger partial charge is 0.494 e. The average Bonchev–Trinajstić information content (AvgIpc) is 3.60. The maximum absolute atomic E-state index is 15.2. The summed E-state index contributed by atoms with van der Waals surface area (Å²) in [6.07, 6.45) is 5.88. The first-order valence-corrected chi connectivity index (χ1v) is 19.8. The number of carbonyl (C=O) groups is 3. The highest BCUT2D eigenvalue weighted by molar-refractivity contribution is 6.67. The topological polar surface area (TPSA) is 97.4 Å². The lowest BCUT2D eigenvalue weighted by Gasteiger charge is -2.29. The zero-order valence-corrected chi connectivity index (χ0v) is 33.7. The molecule has 3 aromatic carbocycles. The molecule has 0 saturated carbocycles. The molecule has 2 aliphatic rings. The Bertz CT molecular complexity index is 1730. The molecule has 0 aliphatic carbocycles. The number of unbranched alkanes of at least 4 members (excludes halogenated alkanes) is 2. The zero-order valence-electron chi connectivity index (χ0n) is 32.2. The lowest BCUT2D eigenvalue weighted by molar-refractivity contribution is 0.0520. The molecule has 2 amide bonds. The molecule has 294 valence electrons. The van der Waals surface area contributed by atoms with E-state index in [1.54, 1.807) is 23.1 Å². The number of alkyl carbamates (subject to hydrolysis) is 1. The fourth-order valence-corrected chi connectivity index (χ4v) is 6.70. The molecule has 54 heavy (non-hydrogen) atoms. The quantitative estimate of drug-likeness (QED) is 0.0932. The van der Waals surface area contributed by atoms with Gasteiger partial charge >= 0.3 is 6.09 Å². The van der Waals surface area contributed by atoms with Gasteiger partial charge in [0.05, 0.1) is 18.9 Å². The highest BCUT2D eigenvalue weighted by Gasteiger charge is 2.29. The number of hydrogen-bond acceptors (Lipinski definition) is 7. The van der Waals surface area contributed by atoms with E-state index in [9.17, 15) is 14.4 Å². The van der Waals surface area contributed by atoms with Gasteiger partial charge in [0, 0.05) is 48.9 Å². The number of carbonyl (C=O) groups excluding carboxylic acids is 3. The number of nitrogens with one attached hydrogen (secondary N) is 1. The van der Waals surface area contributed by atoms with Gasteiger partial charge in [0.2, 0.25) is 0 Å². The summed E-state index contributed by atoms with van der Waals surface area (Å²) in [5, 5.41) is 2.36. The van der Waals surface area contributed by atoms with Gasteiger partial charge in [0.25, 0.3) is 11.1 Å². The summed E-state index contributed by atoms with van der Waals surface area (Å²) in [6, 6.07) is 15.9. The van der Waals surface area contributed by atoms with Crippen molar-refractivity contribution in [1.29, 1.82) is 0 Å². The summed E-state index contributed by atoms with van der Waals surface area (Å²) in [7, 11) is 0. The second-order valence-corrected chi connectivity index (χ2v) is 15.3. The van der Waals surface area contributed by atoms with E-state index in [1.165, 1.54) is 6.07 Å². The van der Waals surface area contributed by atoms with Gasteiger partial charge in [0.1, 0.15) is 22.9 Å². The molecule has 12 heteroatoms. The van der Waals surface area contributed by atoms with Gasteiger partial charge in [0.15, 0.2) is 0 Å². The van der Waals surface area contributed by atoms with Crippen molar-refractivity contribution in [2.75, 3.05) is 55.1 Å². The van der Waals surface area contributed by atoms with Crippen LogP contribution >= 0.6 is 23.2 Å². The van der Waals surface area contributed by atoms with Crippen molar-refractivity contribution in [2.45, 2.75) is 85.2 Å². The van der Waals surface area contributed by atoms with E-state index >= 15 is 4.39 Å². The Balaban J connectivity index is 0.000000321. The molecule has 1 atom stereocenters. The maximum atomic E-state index is 15.2. The first-order valence-electron chi connectivity index (χ1n) is 18.9. The average molecular weight is 787 g/mol. The molecule has 2 aliphatic heterocycles. The SMILES string of the molecule is CCCCOc1ccc(C(=O)Cl)c(CCCl)c1.CCCCOc1ccc2c(c1)CCN(c1ccc(N3CC[C@H](CNC(=O)OC(C)(C)C)C3)c(F)c1)C2=O. The van der Waals surface area contributed by atoms with Gasteiger partial charge < -0.3 is 29.3 Å². The van der Waals surface area contributed by atoms with Crippen LogP contribution in [0.1, 0.15) is 98.6 Å². The third kappa shape index (κ3) is 12.5. The summed E-state index contributed by atoms with van der Waals surface area (Å²) in [6.45, 7) is 13.4. The lowest BCUT2D eigenvalue weighted by Crippen LogP contribution is -2.37. The third-order valence-electron chi connectivity index (χ3n) is 9.15. The molecular weight excluding hydrogens is 732 g/mol. The Morgan fingerprint density at radius 2 is 1.63 bits per heavy atom. The Hall–Kier alpha value is -4.02. The smallest absolute Gasteiger partial charge is 0.407 e. The van der Waals surface area contributed by atoms with Crippen LogP contribution in [0.15, 0.2) is 54.6 Å². The second kappa shape index (κ2) is 20.6. The standard InChI is InChI=1S/C29H38FN3O4.C13H16Cl2O2/c1-5-6-15-36-23-8-9-24-21(16-23)12-14-33(27(24)34)22-7-10-26(25(30)17-22)32-13-11-20(19-32)18-31-28(35)37-29(2,3)4;1-2-3-8-17-11-4-5-12(13(15)16)10(9-11)6-7-14/h7-10,16-17,20H,5-6,11-15,18-19H2,1-4H3,(H,31,35);4-5,9H,2-3,6-8H2,1H3/t20-;/m1./s1. The van der Waals surface area contributed by atoms with E-state index in [0.29, 0.717) is 80.6 Å². The molecule has 2 heterocycles. The first kappa shape index (κ1) is 42.7. The van der Waals surface area contributed by atoms with Gasteiger partial charge in [-0.05, 0) is 136 Å². The molecule has 0 spiro atoms. The molecule has 9 nitrogen and oxygen atoms in total. The van der Waals surface area contributed by atoms with Crippen LogP contribution in [-0.4, -0.2) is 68.1 Å². The van der Waals surface area contributed by atoms with Crippen LogP contribution < -0.4 is 24.6 Å². The number of fused-ring (bicyclic) bond motifs is 1. The highest BCUT2D eigenvalue weighted by atomic mass is 35.5. The maximum Gasteiger partial charge on any atom is 0.407 e. The van der Waals surface area contributed by atoms with Crippen LogP contribution in [0.25, 0.3) is 0 Å². The van der Waals surface area contributed by atoms with E-state index in [1.807, 2.05) is 56.0 Å². The van der Waals surface area contributed by atoms with Crippen LogP contribution in [0, 0.1) is 11.7 Å². The van der Waals surface area contributed by atoms with E-state index in [4.69, 9.17) is 37.4 Å². The minimum Gasteiger partial charge on any atom is -0.494 e. The summed E-state index contributed by atoms with van der Waals surface area (Å²) in [4.78, 5) is 40.0. The Morgan fingerprint density at radius 1 is 0.944 bits per heavy atom. The van der Waals surface area contributed by atoms with Crippen LogP contribution in [0.2, 0.25) is 0 Å². The Kier molecular flexibility index (Phi) is 16.3. The Morgan fingerprint density at radius 3 is 2.26 bits per heavy atom. The van der Waals surface area contributed by atoms with Crippen LogP contribution in [0.4, 0.5) is 20.6 Å². The molecule has 1 saturated heterocycles. The normalized spacial score (nSPS) is 15.3. The number of hydrogen-bond donors (Lipinski definition) is 1. The molecule has 1 fully saturated rings. The van der Waals surface area contributed by atoms with Crippen molar-refractivity contribution >= 4 is 51.8 Å². The lowest BCUT2D eigenvalue weighted by atomic mass is 9.98. The predicted molar refractivity (Wildman–Crippen MR) is 215 cm³/mol. The number of benzene rings is 3. The summed E-state index contributed by atoms with van der Waals surface area (Å²) < 4.78 is 31.9. The molecule has 5 rings (SSSR count). The molecule has 0 radical (unpaired) electrons. The fraction of sp³-hybridized carbons (Fsp3) is 0.500. The van der Waals surface area contributed by atoms with E-state index in [-0.39, 0.29) is 17.6 Å². The number of halogens is 3. The van der Waals surface area contributed by atoms with Crippen molar-refractivity contribution < 1.29 is 33.0 Å². The minimum absolute atomic E-state index is 0.122. The minimum atomic E-state index is -0.542. The van der Waals surface area contributed by atoms with Crippen molar-refractivity contribution in [1.82, 2.24) is 5.32 Å². The molecule has 0 aromatic heterocycles. The predicted octanol–water partition coefficient (Wildman–Crippen LogP) is 9.58. The number of ether oxygens (including phenoxy) is 3. The van der Waals surface area contributed by atoms with Gasteiger partial charge in [-0.15, -0.1) is 11.6 Å². The van der Waals surface area contributed by atoms with Crippen molar-refractivity contribution in [3.05, 3.63) is 82.7 Å². The summed E-state index contributed by atoms with van der Waals surface area (Å²) in [5.74, 6) is 1.74. The second-order valence-electron chi connectivity index (χ2n) is 14.6. The van der Waals surface area contributed by atoms with Crippen LogP contribution in [0.5, 0.6) is 11.5 Å². The van der Waals surface area contributed by atoms with Gasteiger partial charge in [-0.25, -0.2) is 9.18 Å². The zero-order chi connectivity index (χ0) is 39.3. The third-order valence-corrected chi connectivity index (χ3v) is 9.54. The summed E-state index contributed by atoms with van der Waals surface area (Å²) >= 11 is 11.2. The van der Waals surface area contributed by atoms with Crippen LogP contribution in [-0.2, 0) is 17.6 Å². The molecule has 0 unspecified atom stereocenters. The van der Waals surface area contributed by atoms with Gasteiger partial charge in [-0.3, -0.25) is 9.59 Å². The Labute approximate surface area is 329 Å². The molecule has 0 bridgehead atoms. The van der Waals surface area contributed by atoms with Crippen LogP contribution in [0.3, 0.4) is 0 Å². The molecule has 3 aromatic rings.